The molecule has 4 aliphatic rings. The van der Waals surface area contributed by atoms with Gasteiger partial charge in [-0.25, -0.2) is 19.6 Å². The average Bonchev–Trinajstić information content (AvgIpc) is 3.20. The molecule has 2 fully saturated rings. The van der Waals surface area contributed by atoms with E-state index in [4.69, 9.17) is 28.9 Å². The standard InChI is InChI=1S/C20H24ClN7O2.C18H21ClN6O/c21-15-3-1-2-4-16(15)28-11-14-10-24-19(25-18(14)26-20(28)30)23-9-13-5-7-27(8-6-13)12-17(22)29;19-14-3-1-2-4-15(14)25-11-13-10-22-17(23-16(13)24-18(25)26)21-9-12-5-7-20-8-6-12/h1-4,10,13H,5-9,11-12H2,(H2,22,29)(H2,23,24,25,26,30);1-4,10,12,20H,5-9,11H2,(H2,21,22,23,24,26). The number of nitrogens with two attached hydrogens (primary N) is 1. The molecule has 0 atom stereocenters. The third-order valence-electron chi connectivity index (χ3n) is 10.3. The van der Waals surface area contributed by atoms with Crippen LogP contribution in [-0.4, -0.2) is 88.6 Å². The van der Waals surface area contributed by atoms with Crippen LogP contribution in [0.15, 0.2) is 60.9 Å². The Balaban J connectivity index is 0.000000173. The summed E-state index contributed by atoms with van der Waals surface area (Å²) in [4.78, 5) is 59.1. The molecular formula is C38H45Cl2N13O3. The first-order valence-corrected chi connectivity index (χ1v) is 19.5. The van der Waals surface area contributed by atoms with Crippen LogP contribution in [0.3, 0.4) is 0 Å². The molecule has 0 aliphatic carbocycles. The molecule has 18 heteroatoms. The third kappa shape index (κ3) is 9.74. The second-order valence-corrected chi connectivity index (χ2v) is 15.0. The van der Waals surface area contributed by atoms with Gasteiger partial charge in [0.1, 0.15) is 11.6 Å². The number of nitrogens with one attached hydrogen (secondary N) is 5. The minimum atomic E-state index is -0.288. The van der Waals surface area contributed by atoms with Crippen LogP contribution in [0, 0.1) is 11.8 Å². The van der Waals surface area contributed by atoms with E-state index >= 15 is 0 Å². The van der Waals surface area contributed by atoms with Crippen molar-refractivity contribution in [1.29, 1.82) is 0 Å². The first-order valence-electron chi connectivity index (χ1n) is 18.8. The van der Waals surface area contributed by atoms with Crippen LogP contribution in [0.2, 0.25) is 10.0 Å². The van der Waals surface area contributed by atoms with E-state index in [0.29, 0.717) is 76.4 Å². The predicted molar refractivity (Wildman–Crippen MR) is 218 cm³/mol. The Morgan fingerprint density at radius 2 is 1.20 bits per heavy atom. The summed E-state index contributed by atoms with van der Waals surface area (Å²) in [6.07, 6.45) is 7.76. The highest BCUT2D eigenvalue weighted by Gasteiger charge is 2.29. The number of hydrogen-bond acceptors (Lipinski definition) is 11. The number of fused-ring (bicyclic) bond motifs is 2. The monoisotopic (exact) mass is 801 g/mol. The topological polar surface area (TPSA) is 199 Å². The maximum absolute atomic E-state index is 12.6. The van der Waals surface area contributed by atoms with Crippen molar-refractivity contribution in [2.75, 3.05) is 76.9 Å². The summed E-state index contributed by atoms with van der Waals surface area (Å²) in [5.74, 6) is 2.91. The minimum absolute atomic E-state index is 0.242. The van der Waals surface area contributed by atoms with E-state index in [9.17, 15) is 14.4 Å². The summed E-state index contributed by atoms with van der Waals surface area (Å²) < 4.78 is 0. The Labute approximate surface area is 334 Å². The van der Waals surface area contributed by atoms with E-state index in [1.54, 1.807) is 40.4 Å². The number of anilines is 6. The van der Waals surface area contributed by atoms with Gasteiger partial charge >= 0.3 is 12.1 Å². The Morgan fingerprint density at radius 1 is 0.732 bits per heavy atom. The number of halogens is 2. The Morgan fingerprint density at radius 3 is 1.66 bits per heavy atom. The molecule has 0 unspecified atom stereocenters. The zero-order valence-corrected chi connectivity index (χ0v) is 32.3. The summed E-state index contributed by atoms with van der Waals surface area (Å²) in [6, 6.07) is 14.0. The lowest BCUT2D eigenvalue weighted by Gasteiger charge is -2.31. The second kappa shape index (κ2) is 18.1. The van der Waals surface area contributed by atoms with Crippen molar-refractivity contribution < 1.29 is 14.4 Å². The minimum Gasteiger partial charge on any atom is -0.369 e. The van der Waals surface area contributed by atoms with E-state index in [0.717, 1.165) is 76.1 Å². The number of hydrogen-bond donors (Lipinski definition) is 6. The normalized spacial score (nSPS) is 17.5. The fraction of sp³-hybridized carbons (Fsp3) is 0.395. The lowest BCUT2D eigenvalue weighted by molar-refractivity contribution is -0.119. The van der Waals surface area contributed by atoms with Crippen molar-refractivity contribution in [1.82, 2.24) is 30.2 Å². The maximum atomic E-state index is 12.6. The van der Waals surface area contributed by atoms with Crippen LogP contribution in [-0.2, 0) is 17.9 Å². The van der Waals surface area contributed by atoms with Gasteiger partial charge in [0, 0.05) is 36.6 Å². The molecule has 5 amide bonds. The van der Waals surface area contributed by atoms with Crippen molar-refractivity contribution in [3.05, 3.63) is 82.1 Å². The SMILES string of the molecule is NC(=O)CN1CCC(CNc2ncc3c(n2)NC(=O)N(c2ccccc2Cl)C3)CC1.O=C1Nc2nc(NCC3CCNCC3)ncc2CN1c1ccccc1Cl. The number of likely N-dealkylation sites (tertiary alicyclic amines) is 1. The molecule has 6 heterocycles. The molecule has 7 N–H and O–H groups in total. The van der Waals surface area contributed by atoms with Crippen LogP contribution >= 0.6 is 23.2 Å². The van der Waals surface area contributed by atoms with Crippen molar-refractivity contribution in [2.24, 2.45) is 17.6 Å². The van der Waals surface area contributed by atoms with Gasteiger partial charge in [-0.15, -0.1) is 0 Å². The summed E-state index contributed by atoms with van der Waals surface area (Å²) in [6.45, 7) is 6.48. The van der Waals surface area contributed by atoms with Gasteiger partial charge in [0.25, 0.3) is 0 Å². The zero-order chi connectivity index (χ0) is 39.0. The van der Waals surface area contributed by atoms with Crippen LogP contribution in [0.4, 0.5) is 44.5 Å². The van der Waals surface area contributed by atoms with E-state index in [2.05, 4.69) is 51.4 Å². The van der Waals surface area contributed by atoms with Crippen molar-refractivity contribution in [3.63, 3.8) is 0 Å². The molecule has 0 saturated carbocycles. The van der Waals surface area contributed by atoms with Gasteiger partial charge in [0.2, 0.25) is 17.8 Å². The highest BCUT2D eigenvalue weighted by molar-refractivity contribution is 6.34. The van der Waals surface area contributed by atoms with Gasteiger partial charge in [-0.2, -0.15) is 9.97 Å². The van der Waals surface area contributed by atoms with Crippen LogP contribution in [0.1, 0.15) is 36.8 Å². The molecule has 4 aliphatic heterocycles. The number of carbonyl (C=O) groups excluding carboxylic acids is 3. The predicted octanol–water partition coefficient (Wildman–Crippen LogP) is 5.38. The third-order valence-corrected chi connectivity index (χ3v) is 10.9. The molecule has 16 nitrogen and oxygen atoms in total. The molecule has 2 aromatic carbocycles. The number of carbonyl (C=O) groups is 3. The fourth-order valence-corrected chi connectivity index (χ4v) is 7.59. The lowest BCUT2D eigenvalue weighted by atomic mass is 9.97. The average molecular weight is 803 g/mol. The molecular weight excluding hydrogens is 757 g/mol. The first kappa shape index (κ1) is 39.0. The molecule has 0 spiro atoms. The number of piperidine rings is 2. The van der Waals surface area contributed by atoms with Gasteiger partial charge in [-0.05, 0) is 88.0 Å². The van der Waals surface area contributed by atoms with E-state index in [1.807, 2.05) is 30.3 Å². The van der Waals surface area contributed by atoms with Gasteiger partial charge in [-0.1, -0.05) is 47.5 Å². The quantitative estimate of drug-likeness (QED) is 0.120. The van der Waals surface area contributed by atoms with Gasteiger partial charge < -0.3 is 21.7 Å². The number of primary amides is 1. The number of para-hydroxylation sites is 2. The Kier molecular flexibility index (Phi) is 12.6. The Hall–Kier alpha value is -5.29. The van der Waals surface area contributed by atoms with Crippen molar-refractivity contribution in [2.45, 2.75) is 38.8 Å². The van der Waals surface area contributed by atoms with Gasteiger partial charge in [0.15, 0.2) is 0 Å². The van der Waals surface area contributed by atoms with Crippen LogP contribution in [0.5, 0.6) is 0 Å². The number of benzene rings is 2. The molecule has 56 heavy (non-hydrogen) atoms. The van der Waals surface area contributed by atoms with Gasteiger partial charge in [-0.3, -0.25) is 30.1 Å². The summed E-state index contributed by atoms with van der Waals surface area (Å²) in [5, 5.41) is 16.6. The van der Waals surface area contributed by atoms with E-state index < -0.39 is 0 Å². The van der Waals surface area contributed by atoms with Crippen molar-refractivity contribution in [3.8, 4) is 0 Å². The number of rotatable bonds is 10. The van der Waals surface area contributed by atoms with Crippen LogP contribution < -0.4 is 42.1 Å². The maximum Gasteiger partial charge on any atom is 0.327 e. The number of nitrogens with zero attached hydrogens (tertiary/aromatic N) is 7. The van der Waals surface area contributed by atoms with Gasteiger partial charge in [0.05, 0.1) is 41.1 Å². The molecule has 2 saturated heterocycles. The van der Waals surface area contributed by atoms with E-state index in [-0.39, 0.29) is 18.0 Å². The highest BCUT2D eigenvalue weighted by Crippen LogP contribution is 2.33. The van der Waals surface area contributed by atoms with E-state index in [1.165, 1.54) is 0 Å². The molecule has 8 rings (SSSR count). The molecule has 0 radical (unpaired) electrons. The summed E-state index contributed by atoms with van der Waals surface area (Å²) in [5.41, 5.74) is 8.25. The fourth-order valence-electron chi connectivity index (χ4n) is 7.11. The zero-order valence-electron chi connectivity index (χ0n) is 30.8. The van der Waals surface area contributed by atoms with Crippen molar-refractivity contribution >= 4 is 76.1 Å². The molecule has 2 aromatic heterocycles. The molecule has 0 bridgehead atoms. The first-order chi connectivity index (χ1) is 27.2. The Bertz CT molecular complexity index is 2040. The number of urea groups is 2. The summed E-state index contributed by atoms with van der Waals surface area (Å²) >= 11 is 12.5. The molecule has 4 aromatic rings. The molecule has 294 valence electrons. The number of aromatic nitrogens is 4. The largest absolute Gasteiger partial charge is 0.369 e. The number of amides is 5. The highest BCUT2D eigenvalue weighted by atomic mass is 35.5. The lowest BCUT2D eigenvalue weighted by Crippen LogP contribution is -2.41. The van der Waals surface area contributed by atoms with Crippen LogP contribution in [0.25, 0.3) is 0 Å². The smallest absolute Gasteiger partial charge is 0.327 e. The second-order valence-electron chi connectivity index (χ2n) is 14.2. The summed E-state index contributed by atoms with van der Waals surface area (Å²) in [7, 11) is 0.